The fraction of sp³-hybridized carbons (Fsp3) is 0.355. The largest absolute Gasteiger partial charge is 0.507 e. The molecular weight excluding hydrogens is 539 g/mol. The number of rotatable bonds is 6. The number of fused-ring (bicyclic) bond motifs is 1. The third-order valence-electron chi connectivity index (χ3n) is 7.56. The lowest BCUT2D eigenvalue weighted by atomic mass is 9.72. The number of nitrogens with zero attached hydrogens (tertiary/aromatic N) is 4. The van der Waals surface area contributed by atoms with E-state index in [1.807, 2.05) is 36.6 Å². The minimum absolute atomic E-state index is 0.0991. The van der Waals surface area contributed by atoms with Crippen LogP contribution in [0.4, 0.5) is 5.00 Å². The minimum atomic E-state index is -0.202. The molecule has 0 bridgehead atoms. The fourth-order valence-electron chi connectivity index (χ4n) is 5.30. The molecule has 9 heteroatoms. The van der Waals surface area contributed by atoms with Gasteiger partial charge in [0.25, 0.3) is 0 Å². The number of nitrogens with one attached hydrogen (secondary N) is 1. The van der Waals surface area contributed by atoms with Gasteiger partial charge in [0.2, 0.25) is 5.91 Å². The smallest absolute Gasteiger partial charge is 0.235 e. The summed E-state index contributed by atoms with van der Waals surface area (Å²) in [5.74, 6) is 1.06. The van der Waals surface area contributed by atoms with E-state index in [0.29, 0.717) is 33.0 Å². The van der Waals surface area contributed by atoms with Gasteiger partial charge in [0, 0.05) is 4.88 Å². The average Bonchev–Trinajstić information content (AvgIpc) is 3.47. The van der Waals surface area contributed by atoms with Gasteiger partial charge in [0.1, 0.15) is 16.8 Å². The fourth-order valence-corrected chi connectivity index (χ4v) is 7.34. The molecular formula is C31H33N5O2S2. The number of thiophene rings is 1. The molecule has 0 spiro atoms. The van der Waals surface area contributed by atoms with E-state index in [0.717, 1.165) is 41.6 Å². The molecule has 5 rings (SSSR count). The molecule has 1 aliphatic carbocycles. The molecule has 1 atom stereocenters. The van der Waals surface area contributed by atoms with Crippen LogP contribution in [-0.4, -0.2) is 31.5 Å². The first-order valence-corrected chi connectivity index (χ1v) is 15.2. The lowest BCUT2D eigenvalue weighted by Crippen LogP contribution is -2.26. The van der Waals surface area contributed by atoms with Gasteiger partial charge in [-0.05, 0) is 73.8 Å². The van der Waals surface area contributed by atoms with Crippen LogP contribution in [0.25, 0.3) is 17.1 Å². The third-order valence-corrected chi connectivity index (χ3v) is 9.66. The van der Waals surface area contributed by atoms with E-state index < -0.39 is 0 Å². The molecule has 1 amide bonds. The van der Waals surface area contributed by atoms with Gasteiger partial charge in [-0.15, -0.1) is 21.5 Å². The van der Waals surface area contributed by atoms with Crippen molar-refractivity contribution in [2.24, 2.45) is 11.3 Å². The van der Waals surface area contributed by atoms with Crippen LogP contribution in [0, 0.1) is 36.5 Å². The first-order chi connectivity index (χ1) is 19.1. The van der Waals surface area contributed by atoms with Crippen LogP contribution >= 0.6 is 23.1 Å². The summed E-state index contributed by atoms with van der Waals surface area (Å²) >= 11 is 2.81. The molecule has 0 fully saturated rings. The van der Waals surface area contributed by atoms with E-state index in [9.17, 15) is 15.2 Å². The van der Waals surface area contributed by atoms with Crippen LogP contribution in [0.2, 0.25) is 0 Å². The average molecular weight is 572 g/mol. The van der Waals surface area contributed by atoms with Crippen LogP contribution in [0.3, 0.4) is 0 Å². The molecule has 1 aliphatic rings. The second-order valence-corrected chi connectivity index (χ2v) is 13.5. The highest BCUT2D eigenvalue weighted by Gasteiger charge is 2.32. The Labute approximate surface area is 243 Å². The normalized spacial score (nSPS) is 14.9. The predicted molar refractivity (Wildman–Crippen MR) is 161 cm³/mol. The van der Waals surface area contributed by atoms with E-state index in [4.69, 9.17) is 0 Å². The number of benzene rings is 2. The van der Waals surface area contributed by atoms with Crippen LogP contribution in [0.5, 0.6) is 5.75 Å². The Bertz CT molecular complexity index is 1620. The number of phenols is 1. The molecule has 206 valence electrons. The highest BCUT2D eigenvalue weighted by Crippen LogP contribution is 2.44. The molecule has 2 aromatic heterocycles. The maximum Gasteiger partial charge on any atom is 0.235 e. The van der Waals surface area contributed by atoms with E-state index >= 15 is 0 Å². The van der Waals surface area contributed by atoms with Crippen molar-refractivity contribution in [2.75, 3.05) is 11.1 Å². The van der Waals surface area contributed by atoms with Crippen LogP contribution in [0.15, 0.2) is 47.6 Å². The molecule has 0 radical (unpaired) electrons. The second-order valence-electron chi connectivity index (χ2n) is 11.4. The van der Waals surface area contributed by atoms with Crippen molar-refractivity contribution in [1.82, 2.24) is 14.8 Å². The molecule has 0 unspecified atom stereocenters. The van der Waals surface area contributed by atoms with Gasteiger partial charge in [-0.1, -0.05) is 62.4 Å². The molecule has 40 heavy (non-hydrogen) atoms. The number of nitriles is 1. The number of aromatic nitrogens is 3. The van der Waals surface area contributed by atoms with Gasteiger partial charge in [0.05, 0.1) is 22.6 Å². The molecule has 0 saturated carbocycles. The van der Waals surface area contributed by atoms with Gasteiger partial charge in [-0.25, -0.2) is 0 Å². The van der Waals surface area contributed by atoms with E-state index in [-0.39, 0.29) is 22.8 Å². The summed E-state index contributed by atoms with van der Waals surface area (Å²) in [6.07, 6.45) is 2.87. The quantitative estimate of drug-likeness (QED) is 0.240. The van der Waals surface area contributed by atoms with E-state index in [1.54, 1.807) is 18.2 Å². The van der Waals surface area contributed by atoms with E-state index in [2.05, 4.69) is 48.4 Å². The van der Waals surface area contributed by atoms with Crippen molar-refractivity contribution >= 4 is 34.0 Å². The highest BCUT2D eigenvalue weighted by molar-refractivity contribution is 7.99. The number of carbonyl (C=O) groups excluding carboxylic acids is 1. The standard InChI is InChI=1S/C31H33N5O2S2/c1-18-10-13-24(19(2)14-18)36-28(22-8-6-7-9-25(22)37)34-35-30(36)39-17-27(38)33-29-23(16-32)21-12-11-20(31(3,4)5)15-26(21)40-29/h6-10,13-14,20,37H,11-12,15,17H2,1-5H3,(H,33,38)/t20-/m0/s1. The maximum absolute atomic E-state index is 13.1. The first-order valence-electron chi connectivity index (χ1n) is 13.4. The third kappa shape index (κ3) is 5.51. The molecule has 2 aromatic carbocycles. The van der Waals surface area contributed by atoms with Crippen molar-refractivity contribution in [3.05, 3.63) is 69.6 Å². The van der Waals surface area contributed by atoms with Crippen molar-refractivity contribution < 1.29 is 9.90 Å². The zero-order valence-corrected chi connectivity index (χ0v) is 25.0. The Morgan fingerprint density at radius 1 is 1.23 bits per heavy atom. The summed E-state index contributed by atoms with van der Waals surface area (Å²) in [5.41, 5.74) is 5.50. The Morgan fingerprint density at radius 3 is 2.70 bits per heavy atom. The monoisotopic (exact) mass is 571 g/mol. The molecule has 7 nitrogen and oxygen atoms in total. The summed E-state index contributed by atoms with van der Waals surface area (Å²) in [5, 5.41) is 33.4. The first kappa shape index (κ1) is 27.9. The number of carbonyl (C=O) groups is 1. The summed E-state index contributed by atoms with van der Waals surface area (Å²) < 4.78 is 1.89. The number of aryl methyl sites for hydroxylation is 2. The lowest BCUT2D eigenvalue weighted by Gasteiger charge is -2.33. The number of hydrogen-bond acceptors (Lipinski definition) is 7. The lowest BCUT2D eigenvalue weighted by molar-refractivity contribution is -0.113. The van der Waals surface area contributed by atoms with Crippen LogP contribution in [0.1, 0.15) is 54.3 Å². The van der Waals surface area contributed by atoms with Crippen molar-refractivity contribution in [2.45, 2.75) is 59.0 Å². The summed E-state index contributed by atoms with van der Waals surface area (Å²) in [6, 6.07) is 15.5. The van der Waals surface area contributed by atoms with Gasteiger partial charge in [0.15, 0.2) is 11.0 Å². The van der Waals surface area contributed by atoms with Crippen molar-refractivity contribution in [3.63, 3.8) is 0 Å². The van der Waals surface area contributed by atoms with Crippen LogP contribution in [-0.2, 0) is 17.6 Å². The van der Waals surface area contributed by atoms with Gasteiger partial charge in [-0.2, -0.15) is 5.26 Å². The van der Waals surface area contributed by atoms with Gasteiger partial charge >= 0.3 is 0 Å². The molecule has 4 aromatic rings. The number of hydrogen-bond donors (Lipinski definition) is 2. The highest BCUT2D eigenvalue weighted by atomic mass is 32.2. The zero-order valence-electron chi connectivity index (χ0n) is 23.4. The minimum Gasteiger partial charge on any atom is -0.507 e. The number of anilines is 1. The summed E-state index contributed by atoms with van der Waals surface area (Å²) in [6.45, 7) is 10.9. The number of amides is 1. The Hall–Kier alpha value is -3.61. The van der Waals surface area contributed by atoms with Gasteiger partial charge < -0.3 is 10.4 Å². The topological polar surface area (TPSA) is 104 Å². The number of thioether (sulfide) groups is 1. The molecule has 2 heterocycles. The molecule has 2 N–H and O–H groups in total. The number of phenolic OH excluding ortho intramolecular Hbond substituents is 1. The zero-order chi connectivity index (χ0) is 28.6. The number of aromatic hydroxyl groups is 1. The van der Waals surface area contributed by atoms with Crippen molar-refractivity contribution in [3.8, 4) is 28.9 Å². The SMILES string of the molecule is Cc1ccc(-n2c(SCC(=O)Nc3sc4c(c3C#N)CC[C@H](C(C)(C)C)C4)nnc2-c2ccccc2O)c(C)c1. The van der Waals surface area contributed by atoms with Gasteiger partial charge in [-0.3, -0.25) is 9.36 Å². The molecule has 0 saturated heterocycles. The molecule has 0 aliphatic heterocycles. The Morgan fingerprint density at radius 2 is 2.00 bits per heavy atom. The predicted octanol–water partition coefficient (Wildman–Crippen LogP) is 7.07. The maximum atomic E-state index is 13.1. The second kappa shape index (κ2) is 11.1. The van der Waals surface area contributed by atoms with E-state index in [1.165, 1.54) is 28.0 Å². The van der Waals surface area contributed by atoms with Crippen molar-refractivity contribution in [1.29, 1.82) is 5.26 Å². The summed E-state index contributed by atoms with van der Waals surface area (Å²) in [4.78, 5) is 14.4. The van der Waals surface area contributed by atoms with Crippen LogP contribution < -0.4 is 5.32 Å². The Kier molecular flexibility index (Phi) is 7.76. The number of para-hydroxylation sites is 1. The Balaban J connectivity index is 1.40. The summed E-state index contributed by atoms with van der Waals surface area (Å²) in [7, 11) is 0.